The van der Waals surface area contributed by atoms with Gasteiger partial charge in [-0.05, 0) is 12.3 Å². The summed E-state index contributed by atoms with van der Waals surface area (Å²) in [7, 11) is 0. The molecule has 0 aliphatic rings. The van der Waals surface area contributed by atoms with Crippen molar-refractivity contribution >= 4 is 27.3 Å². The molecule has 0 saturated carbocycles. The van der Waals surface area contributed by atoms with Crippen molar-refractivity contribution in [3.05, 3.63) is 16.1 Å². The smallest absolute Gasteiger partial charge is 0.0972 e. The van der Waals surface area contributed by atoms with Gasteiger partial charge in [0.2, 0.25) is 0 Å². The molecule has 1 nitrogen and oxygen atoms in total. The summed E-state index contributed by atoms with van der Waals surface area (Å²) in [6, 6.07) is 0. The van der Waals surface area contributed by atoms with Crippen LogP contribution in [0.2, 0.25) is 0 Å². The quantitative estimate of drug-likeness (QED) is 0.750. The third-order valence-corrected chi connectivity index (χ3v) is 3.99. The molecule has 0 radical (unpaired) electrons. The maximum absolute atomic E-state index is 4.66. The molecule has 1 aromatic rings. The van der Waals surface area contributed by atoms with Gasteiger partial charge in [-0.15, -0.1) is 11.3 Å². The maximum atomic E-state index is 4.66. The van der Waals surface area contributed by atoms with Crippen LogP contribution in [-0.4, -0.2) is 9.81 Å². The molecule has 2 atom stereocenters. The topological polar surface area (TPSA) is 12.9 Å². The second-order valence-electron chi connectivity index (χ2n) is 3.98. The number of hydrogen-bond acceptors (Lipinski definition) is 2. The van der Waals surface area contributed by atoms with Gasteiger partial charge in [0.1, 0.15) is 0 Å². The zero-order valence-corrected chi connectivity index (χ0v) is 11.7. The maximum Gasteiger partial charge on any atom is 0.0972 e. The van der Waals surface area contributed by atoms with Gasteiger partial charge in [-0.25, -0.2) is 4.98 Å². The van der Waals surface area contributed by atoms with Crippen LogP contribution < -0.4 is 0 Å². The van der Waals surface area contributed by atoms with Crippen molar-refractivity contribution < 1.29 is 0 Å². The van der Waals surface area contributed by atoms with Crippen molar-refractivity contribution in [3.63, 3.8) is 0 Å². The molecule has 3 heteroatoms. The average Bonchev–Trinajstić information content (AvgIpc) is 2.51. The molecule has 14 heavy (non-hydrogen) atoms. The van der Waals surface area contributed by atoms with Gasteiger partial charge in [-0.1, -0.05) is 43.6 Å². The van der Waals surface area contributed by atoms with Gasteiger partial charge in [-0.3, -0.25) is 0 Å². The number of thiazole rings is 1. The Hall–Kier alpha value is 0.110. The lowest BCUT2D eigenvalue weighted by molar-refractivity contribution is 0.495. The molecule has 0 bridgehead atoms. The first-order valence-electron chi connectivity index (χ1n) is 5.14. The molecular formula is C11H18BrNS. The van der Waals surface area contributed by atoms with Crippen LogP contribution in [-0.2, 0) is 6.42 Å². The number of rotatable bonds is 4. The fourth-order valence-corrected chi connectivity index (χ4v) is 3.97. The predicted octanol–water partition coefficient (Wildman–Crippen LogP) is 4.23. The predicted molar refractivity (Wildman–Crippen MR) is 67.5 cm³/mol. The Morgan fingerprint density at radius 3 is 2.43 bits per heavy atom. The van der Waals surface area contributed by atoms with E-state index in [4.69, 9.17) is 0 Å². The van der Waals surface area contributed by atoms with E-state index >= 15 is 0 Å². The van der Waals surface area contributed by atoms with Crippen molar-refractivity contribution in [2.45, 2.75) is 44.9 Å². The molecule has 0 amide bonds. The molecule has 1 heterocycles. The molecule has 1 aromatic heterocycles. The fourth-order valence-electron chi connectivity index (χ4n) is 1.65. The van der Waals surface area contributed by atoms with E-state index in [1.807, 2.05) is 0 Å². The van der Waals surface area contributed by atoms with E-state index in [-0.39, 0.29) is 0 Å². The van der Waals surface area contributed by atoms with E-state index in [1.54, 1.807) is 11.3 Å². The molecule has 0 spiro atoms. The highest BCUT2D eigenvalue weighted by molar-refractivity contribution is 9.09. The Morgan fingerprint density at radius 1 is 1.43 bits per heavy atom. The van der Waals surface area contributed by atoms with Crippen molar-refractivity contribution in [2.75, 3.05) is 0 Å². The molecule has 2 unspecified atom stereocenters. The molecule has 0 aliphatic carbocycles. The molecule has 0 aliphatic heterocycles. The van der Waals surface area contributed by atoms with E-state index < -0.39 is 0 Å². The third kappa shape index (κ3) is 2.80. The fraction of sp³-hybridized carbons (Fsp3) is 0.727. The van der Waals surface area contributed by atoms with Crippen LogP contribution in [0.15, 0.2) is 5.38 Å². The van der Waals surface area contributed by atoms with Crippen molar-refractivity contribution in [1.29, 1.82) is 0 Å². The first-order valence-corrected chi connectivity index (χ1v) is 6.94. The van der Waals surface area contributed by atoms with Crippen molar-refractivity contribution in [3.8, 4) is 0 Å². The number of aromatic nitrogens is 1. The largest absolute Gasteiger partial charge is 0.246 e. The van der Waals surface area contributed by atoms with Gasteiger partial charge in [0, 0.05) is 16.1 Å². The van der Waals surface area contributed by atoms with Crippen LogP contribution in [0.5, 0.6) is 0 Å². The van der Waals surface area contributed by atoms with Gasteiger partial charge in [0.05, 0.1) is 10.7 Å². The molecule has 80 valence electrons. The lowest BCUT2D eigenvalue weighted by Gasteiger charge is -2.20. The summed E-state index contributed by atoms with van der Waals surface area (Å²) in [5, 5.41) is 3.46. The van der Waals surface area contributed by atoms with E-state index in [2.05, 4.69) is 54.0 Å². The standard InChI is InChI=1S/C11H18BrNS/c1-5-9-6-14-11(13-9)10(7(2)3)8(4)12/h6-8,10H,5H2,1-4H3. The van der Waals surface area contributed by atoms with Crippen LogP contribution >= 0.6 is 27.3 Å². The molecule has 0 aromatic carbocycles. The second kappa shape index (κ2) is 5.26. The number of aryl methyl sites for hydroxylation is 1. The number of halogens is 1. The molecular weight excluding hydrogens is 258 g/mol. The molecule has 1 rings (SSSR count). The van der Waals surface area contributed by atoms with Crippen LogP contribution in [0.25, 0.3) is 0 Å². The summed E-state index contributed by atoms with van der Waals surface area (Å²) in [5.74, 6) is 1.18. The number of nitrogens with zero attached hydrogens (tertiary/aromatic N) is 1. The first-order chi connectivity index (χ1) is 6.56. The zero-order valence-electron chi connectivity index (χ0n) is 9.25. The number of alkyl halides is 1. The van der Waals surface area contributed by atoms with E-state index in [9.17, 15) is 0 Å². The van der Waals surface area contributed by atoms with Gasteiger partial charge >= 0.3 is 0 Å². The Labute approximate surface area is 99.1 Å². The molecule has 0 fully saturated rings. The Morgan fingerprint density at radius 2 is 2.07 bits per heavy atom. The van der Waals surface area contributed by atoms with Crippen LogP contribution in [0, 0.1) is 5.92 Å². The highest BCUT2D eigenvalue weighted by Gasteiger charge is 2.23. The van der Waals surface area contributed by atoms with Crippen molar-refractivity contribution in [1.82, 2.24) is 4.98 Å². The van der Waals surface area contributed by atoms with E-state index in [0.717, 1.165) is 6.42 Å². The van der Waals surface area contributed by atoms with E-state index in [1.165, 1.54) is 10.7 Å². The minimum atomic E-state index is 0.498. The van der Waals surface area contributed by atoms with Crippen LogP contribution in [0.4, 0.5) is 0 Å². The minimum absolute atomic E-state index is 0.498. The highest BCUT2D eigenvalue weighted by atomic mass is 79.9. The van der Waals surface area contributed by atoms with Gasteiger partial charge in [-0.2, -0.15) is 0 Å². The third-order valence-electron chi connectivity index (χ3n) is 2.43. The summed E-state index contributed by atoms with van der Waals surface area (Å²) in [4.78, 5) is 5.16. The lowest BCUT2D eigenvalue weighted by Crippen LogP contribution is -2.15. The van der Waals surface area contributed by atoms with Gasteiger partial charge in [0.25, 0.3) is 0 Å². The monoisotopic (exact) mass is 275 g/mol. The summed E-state index contributed by atoms with van der Waals surface area (Å²) in [5.41, 5.74) is 1.23. The van der Waals surface area contributed by atoms with Crippen molar-refractivity contribution in [2.24, 2.45) is 5.92 Å². The summed E-state index contributed by atoms with van der Waals surface area (Å²) in [6.07, 6.45) is 1.04. The summed E-state index contributed by atoms with van der Waals surface area (Å²) >= 11 is 5.47. The van der Waals surface area contributed by atoms with Gasteiger partial charge < -0.3 is 0 Å². The normalized spacial score (nSPS) is 15.9. The lowest BCUT2D eigenvalue weighted by atomic mass is 9.94. The molecule has 0 N–H and O–H groups in total. The second-order valence-corrected chi connectivity index (χ2v) is 6.31. The number of hydrogen-bond donors (Lipinski definition) is 0. The zero-order chi connectivity index (χ0) is 10.7. The highest BCUT2D eigenvalue weighted by Crippen LogP contribution is 2.33. The van der Waals surface area contributed by atoms with Crippen LogP contribution in [0.3, 0.4) is 0 Å². The van der Waals surface area contributed by atoms with E-state index in [0.29, 0.717) is 16.7 Å². The SMILES string of the molecule is CCc1csc(C(C(C)C)C(C)Br)n1. The molecule has 0 saturated heterocycles. The summed E-state index contributed by atoms with van der Waals surface area (Å²) < 4.78 is 0. The minimum Gasteiger partial charge on any atom is -0.246 e. The Kier molecular flexibility index (Phi) is 4.58. The van der Waals surface area contributed by atoms with Crippen LogP contribution in [0.1, 0.15) is 44.3 Å². The van der Waals surface area contributed by atoms with Gasteiger partial charge in [0.15, 0.2) is 0 Å². The Balaban J connectivity index is 2.88. The Bertz CT molecular complexity index is 273. The summed E-state index contributed by atoms with van der Waals surface area (Å²) in [6.45, 7) is 8.88. The average molecular weight is 276 g/mol. The first kappa shape index (κ1) is 12.2.